The molecule has 0 aliphatic carbocycles. The molecule has 1 aromatic heterocycles. The van der Waals surface area contributed by atoms with Crippen LogP contribution in [0.15, 0.2) is 47.6 Å². The molecule has 0 atom stereocenters. The molecule has 2 rings (SSSR count). The van der Waals surface area contributed by atoms with Gasteiger partial charge in [0.1, 0.15) is 5.75 Å². The zero-order chi connectivity index (χ0) is 18.1. The Bertz CT molecular complexity index is 717. The molecule has 2 aromatic rings. The average molecular weight is 478 g/mol. The van der Waals surface area contributed by atoms with Crippen LogP contribution in [0.1, 0.15) is 11.1 Å². The molecular formula is C17H21F2IN4O2. The third-order valence-electron chi connectivity index (χ3n) is 3.35. The second-order valence-corrected chi connectivity index (χ2v) is 4.94. The third-order valence-corrected chi connectivity index (χ3v) is 3.35. The number of aromatic nitrogens is 1. The largest absolute Gasteiger partial charge is 0.481 e. The van der Waals surface area contributed by atoms with Crippen LogP contribution in [0.3, 0.4) is 0 Å². The molecule has 0 saturated carbocycles. The number of rotatable bonds is 7. The average Bonchev–Trinajstić information content (AvgIpc) is 2.63. The van der Waals surface area contributed by atoms with Crippen molar-refractivity contribution in [2.45, 2.75) is 19.7 Å². The predicted molar refractivity (Wildman–Crippen MR) is 106 cm³/mol. The predicted octanol–water partition coefficient (Wildman–Crippen LogP) is 3.17. The van der Waals surface area contributed by atoms with E-state index in [4.69, 9.17) is 4.74 Å². The Morgan fingerprint density at radius 1 is 1.12 bits per heavy atom. The number of nitrogens with zero attached hydrogens (tertiary/aromatic N) is 2. The van der Waals surface area contributed by atoms with E-state index in [0.717, 1.165) is 5.56 Å². The lowest BCUT2D eigenvalue weighted by Crippen LogP contribution is -2.36. The maximum atomic E-state index is 12.4. The number of pyridine rings is 1. The van der Waals surface area contributed by atoms with Gasteiger partial charge < -0.3 is 20.1 Å². The van der Waals surface area contributed by atoms with Gasteiger partial charge in [-0.3, -0.25) is 4.99 Å². The number of guanidine groups is 1. The third kappa shape index (κ3) is 6.62. The van der Waals surface area contributed by atoms with Crippen molar-refractivity contribution in [2.24, 2.45) is 4.99 Å². The van der Waals surface area contributed by atoms with Crippen LogP contribution in [0.2, 0.25) is 0 Å². The summed E-state index contributed by atoms with van der Waals surface area (Å²) < 4.78 is 34.6. The van der Waals surface area contributed by atoms with Crippen LogP contribution in [0.4, 0.5) is 8.78 Å². The first kappa shape index (κ1) is 21.9. The molecular weight excluding hydrogens is 457 g/mol. The Balaban J connectivity index is 0.00000338. The fourth-order valence-corrected chi connectivity index (χ4v) is 2.18. The number of hydrogen-bond donors (Lipinski definition) is 2. The van der Waals surface area contributed by atoms with E-state index in [2.05, 4.69) is 25.3 Å². The smallest absolute Gasteiger partial charge is 0.387 e. The van der Waals surface area contributed by atoms with Gasteiger partial charge in [-0.15, -0.1) is 24.0 Å². The van der Waals surface area contributed by atoms with E-state index in [9.17, 15) is 8.78 Å². The maximum absolute atomic E-state index is 12.4. The molecule has 1 aromatic carbocycles. The number of hydrogen-bond acceptors (Lipinski definition) is 4. The monoisotopic (exact) mass is 478 g/mol. The SMILES string of the molecule is CN=C(NCc1ccccc1OC(F)F)NCc1cccnc1OC.I. The molecule has 0 saturated heterocycles. The van der Waals surface area contributed by atoms with Gasteiger partial charge in [-0.1, -0.05) is 24.3 Å². The number of ether oxygens (including phenoxy) is 2. The number of aliphatic imine (C=N–C) groups is 1. The molecule has 0 amide bonds. The number of halogens is 3. The Morgan fingerprint density at radius 3 is 2.42 bits per heavy atom. The lowest BCUT2D eigenvalue weighted by Gasteiger charge is -2.15. The van der Waals surface area contributed by atoms with Crippen molar-refractivity contribution in [3.8, 4) is 11.6 Å². The highest BCUT2D eigenvalue weighted by Crippen LogP contribution is 2.20. The summed E-state index contributed by atoms with van der Waals surface area (Å²) in [6.45, 7) is -2.13. The molecule has 0 aliphatic rings. The molecule has 1 heterocycles. The Labute approximate surface area is 168 Å². The zero-order valence-electron chi connectivity index (χ0n) is 14.4. The second kappa shape index (κ2) is 11.4. The summed E-state index contributed by atoms with van der Waals surface area (Å²) in [7, 11) is 3.18. The van der Waals surface area contributed by atoms with Crippen molar-refractivity contribution in [3.63, 3.8) is 0 Å². The Morgan fingerprint density at radius 2 is 1.77 bits per heavy atom. The number of alkyl halides is 2. The highest BCUT2D eigenvalue weighted by atomic mass is 127. The number of nitrogens with one attached hydrogen (secondary N) is 2. The van der Waals surface area contributed by atoms with Gasteiger partial charge in [0.15, 0.2) is 5.96 Å². The fraction of sp³-hybridized carbons (Fsp3) is 0.294. The molecule has 6 nitrogen and oxygen atoms in total. The summed E-state index contributed by atoms with van der Waals surface area (Å²) in [6, 6.07) is 10.3. The van der Waals surface area contributed by atoms with E-state index in [0.29, 0.717) is 23.9 Å². The zero-order valence-corrected chi connectivity index (χ0v) is 16.7. The summed E-state index contributed by atoms with van der Waals surface area (Å²) in [5.41, 5.74) is 1.47. The van der Waals surface area contributed by atoms with Crippen molar-refractivity contribution in [1.29, 1.82) is 0 Å². The summed E-state index contributed by atoms with van der Waals surface area (Å²) in [5.74, 6) is 1.17. The van der Waals surface area contributed by atoms with Gasteiger partial charge in [0.05, 0.1) is 7.11 Å². The molecule has 2 N–H and O–H groups in total. The van der Waals surface area contributed by atoms with E-state index in [-0.39, 0.29) is 36.3 Å². The lowest BCUT2D eigenvalue weighted by atomic mass is 10.2. The van der Waals surface area contributed by atoms with E-state index in [1.54, 1.807) is 38.6 Å². The molecule has 0 unspecified atom stereocenters. The van der Waals surface area contributed by atoms with Crippen LogP contribution in [0.25, 0.3) is 0 Å². The van der Waals surface area contributed by atoms with Crippen LogP contribution in [0.5, 0.6) is 11.6 Å². The molecule has 0 bridgehead atoms. The summed E-state index contributed by atoms with van der Waals surface area (Å²) in [5, 5.41) is 6.18. The van der Waals surface area contributed by atoms with Crippen LogP contribution >= 0.6 is 24.0 Å². The van der Waals surface area contributed by atoms with Crippen molar-refractivity contribution >= 4 is 29.9 Å². The minimum Gasteiger partial charge on any atom is -0.481 e. The first-order chi connectivity index (χ1) is 12.1. The van der Waals surface area contributed by atoms with E-state index < -0.39 is 6.61 Å². The lowest BCUT2D eigenvalue weighted by molar-refractivity contribution is -0.0504. The van der Waals surface area contributed by atoms with Gasteiger partial charge in [0.2, 0.25) is 5.88 Å². The molecule has 0 fully saturated rings. The summed E-state index contributed by atoms with van der Waals surface area (Å²) in [6.07, 6.45) is 1.65. The first-order valence-corrected chi connectivity index (χ1v) is 7.59. The van der Waals surface area contributed by atoms with Gasteiger partial charge in [0.25, 0.3) is 0 Å². The van der Waals surface area contributed by atoms with E-state index in [1.807, 2.05) is 12.1 Å². The fourth-order valence-electron chi connectivity index (χ4n) is 2.18. The molecule has 142 valence electrons. The number of para-hydroxylation sites is 1. The summed E-state index contributed by atoms with van der Waals surface area (Å²) in [4.78, 5) is 8.23. The minimum absolute atomic E-state index is 0. The van der Waals surface area contributed by atoms with Crippen molar-refractivity contribution in [3.05, 3.63) is 53.7 Å². The molecule has 9 heteroatoms. The van der Waals surface area contributed by atoms with Crippen LogP contribution in [0, 0.1) is 0 Å². The molecule has 0 radical (unpaired) electrons. The molecule has 0 spiro atoms. The van der Waals surface area contributed by atoms with Crippen molar-refractivity contribution in [2.75, 3.05) is 14.2 Å². The summed E-state index contributed by atoms with van der Waals surface area (Å²) >= 11 is 0. The number of benzene rings is 1. The van der Waals surface area contributed by atoms with Crippen molar-refractivity contribution in [1.82, 2.24) is 15.6 Å². The van der Waals surface area contributed by atoms with Gasteiger partial charge >= 0.3 is 6.61 Å². The topological polar surface area (TPSA) is 67.8 Å². The maximum Gasteiger partial charge on any atom is 0.387 e. The first-order valence-electron chi connectivity index (χ1n) is 7.59. The highest BCUT2D eigenvalue weighted by Gasteiger charge is 2.10. The Kier molecular flexibility index (Phi) is 9.63. The van der Waals surface area contributed by atoms with E-state index >= 15 is 0 Å². The molecule has 26 heavy (non-hydrogen) atoms. The minimum atomic E-state index is -2.86. The standard InChI is InChI=1S/C17H20F2N4O2.HI/c1-20-17(23-11-13-7-5-9-21-15(13)24-2)22-10-12-6-3-4-8-14(12)25-16(18)19;/h3-9,16H,10-11H2,1-2H3,(H2,20,22,23);1H. The normalized spacial score (nSPS) is 10.9. The quantitative estimate of drug-likeness (QED) is 0.364. The van der Waals surface area contributed by atoms with Crippen LogP contribution < -0.4 is 20.1 Å². The van der Waals surface area contributed by atoms with Crippen LogP contribution in [-0.4, -0.2) is 31.7 Å². The molecule has 0 aliphatic heterocycles. The van der Waals surface area contributed by atoms with Crippen molar-refractivity contribution < 1.29 is 18.3 Å². The van der Waals surface area contributed by atoms with Gasteiger partial charge in [-0.25, -0.2) is 4.98 Å². The van der Waals surface area contributed by atoms with Crippen LogP contribution in [-0.2, 0) is 13.1 Å². The van der Waals surface area contributed by atoms with Gasteiger partial charge in [-0.05, 0) is 12.1 Å². The highest BCUT2D eigenvalue weighted by molar-refractivity contribution is 14.0. The van der Waals surface area contributed by atoms with E-state index in [1.165, 1.54) is 6.07 Å². The van der Waals surface area contributed by atoms with Gasteiger partial charge in [0, 0.05) is 37.5 Å². The van der Waals surface area contributed by atoms with Gasteiger partial charge in [-0.2, -0.15) is 8.78 Å². The number of methoxy groups -OCH3 is 1. The Hall–Kier alpha value is -2.17. The second-order valence-electron chi connectivity index (χ2n) is 4.94.